The number of hydrogen-bond acceptors (Lipinski definition) is 5. The number of nitrogens with zero attached hydrogens (tertiary/aromatic N) is 3. The fraction of sp³-hybridized carbons (Fsp3) is 0.316. The van der Waals surface area contributed by atoms with Crippen LogP contribution in [0.2, 0.25) is 0 Å². The number of benzene rings is 1. The number of rotatable bonds is 3. The van der Waals surface area contributed by atoms with Crippen molar-refractivity contribution in [3.8, 4) is 0 Å². The molecule has 4 rings (SSSR count). The Bertz CT molecular complexity index is 912. The van der Waals surface area contributed by atoms with Crippen molar-refractivity contribution in [2.24, 2.45) is 0 Å². The number of aromatic nitrogens is 1. The van der Waals surface area contributed by atoms with Gasteiger partial charge in [0, 0.05) is 44.5 Å². The molecule has 5 nitrogen and oxygen atoms in total. The number of fused-ring (bicyclic) bond motifs is 1. The molecule has 1 saturated heterocycles. The van der Waals surface area contributed by atoms with Crippen molar-refractivity contribution in [2.75, 3.05) is 42.2 Å². The van der Waals surface area contributed by atoms with E-state index in [-0.39, 0.29) is 0 Å². The minimum atomic E-state index is -3.14. The largest absolute Gasteiger partial charge is 0.368 e. The van der Waals surface area contributed by atoms with E-state index in [1.165, 1.54) is 11.8 Å². The van der Waals surface area contributed by atoms with Crippen molar-refractivity contribution >= 4 is 27.4 Å². The Kier molecular flexibility index (Phi) is 4.00. The number of sulfone groups is 1. The molecule has 0 bridgehead atoms. The number of allylic oxidation sites excluding steroid dienone is 1. The summed E-state index contributed by atoms with van der Waals surface area (Å²) in [5, 5.41) is 0. The zero-order valence-electron chi connectivity index (χ0n) is 14.2. The monoisotopic (exact) mass is 355 g/mol. The van der Waals surface area contributed by atoms with Gasteiger partial charge in [-0.2, -0.15) is 0 Å². The van der Waals surface area contributed by atoms with Crippen LogP contribution in [0.3, 0.4) is 0 Å². The maximum Gasteiger partial charge on any atom is 0.175 e. The molecule has 0 amide bonds. The molecular weight excluding hydrogens is 334 g/mol. The second-order valence-electron chi connectivity index (χ2n) is 6.55. The van der Waals surface area contributed by atoms with Gasteiger partial charge in [-0.05, 0) is 42.0 Å². The third-order valence-electron chi connectivity index (χ3n) is 4.84. The lowest BCUT2D eigenvalue weighted by molar-refractivity contribution is 0.602. The van der Waals surface area contributed by atoms with E-state index >= 15 is 0 Å². The van der Waals surface area contributed by atoms with E-state index < -0.39 is 9.84 Å². The van der Waals surface area contributed by atoms with Crippen LogP contribution in [-0.4, -0.2) is 45.8 Å². The quantitative estimate of drug-likeness (QED) is 0.846. The summed E-state index contributed by atoms with van der Waals surface area (Å²) in [7, 11) is -3.14. The molecule has 0 spiro atoms. The third-order valence-corrected chi connectivity index (χ3v) is 5.97. The van der Waals surface area contributed by atoms with E-state index in [0.29, 0.717) is 4.90 Å². The van der Waals surface area contributed by atoms with E-state index in [2.05, 4.69) is 34.1 Å². The van der Waals surface area contributed by atoms with E-state index in [9.17, 15) is 8.42 Å². The molecule has 1 fully saturated rings. The molecule has 25 heavy (non-hydrogen) atoms. The van der Waals surface area contributed by atoms with E-state index in [0.717, 1.165) is 49.8 Å². The lowest BCUT2D eigenvalue weighted by Crippen LogP contribution is -2.46. The van der Waals surface area contributed by atoms with Gasteiger partial charge in [-0.25, -0.2) is 13.4 Å². The third kappa shape index (κ3) is 3.26. The maximum atomic E-state index is 11.6. The number of hydrogen-bond donors (Lipinski definition) is 0. The molecular formula is C19H21N3O2S. The molecule has 6 heteroatoms. The number of piperazine rings is 1. The maximum absolute atomic E-state index is 11.6. The predicted octanol–water partition coefficient (Wildman–Crippen LogP) is 2.38. The Morgan fingerprint density at radius 2 is 1.60 bits per heavy atom. The molecule has 0 unspecified atom stereocenters. The van der Waals surface area contributed by atoms with E-state index in [1.807, 2.05) is 12.1 Å². The normalized spacial score (nSPS) is 17.0. The molecule has 2 aromatic rings. The van der Waals surface area contributed by atoms with Gasteiger partial charge in [-0.15, -0.1) is 0 Å². The van der Waals surface area contributed by atoms with Crippen molar-refractivity contribution in [2.45, 2.75) is 11.3 Å². The number of anilines is 2. The van der Waals surface area contributed by atoms with Gasteiger partial charge < -0.3 is 9.80 Å². The molecule has 0 atom stereocenters. The first-order valence-electron chi connectivity index (χ1n) is 8.47. The molecule has 1 aromatic carbocycles. The average molecular weight is 355 g/mol. The van der Waals surface area contributed by atoms with Crippen LogP contribution >= 0.6 is 0 Å². The van der Waals surface area contributed by atoms with Crippen LogP contribution in [0.1, 0.15) is 11.3 Å². The molecule has 0 radical (unpaired) electrons. The number of pyridine rings is 1. The van der Waals surface area contributed by atoms with Crippen molar-refractivity contribution in [3.63, 3.8) is 0 Å². The predicted molar refractivity (Wildman–Crippen MR) is 101 cm³/mol. The fourth-order valence-electron chi connectivity index (χ4n) is 3.39. The topological polar surface area (TPSA) is 53.5 Å². The Hall–Kier alpha value is -2.34. The van der Waals surface area contributed by atoms with Crippen LogP contribution in [0.25, 0.3) is 6.08 Å². The highest BCUT2D eigenvalue weighted by atomic mass is 32.2. The second kappa shape index (κ2) is 6.19. The van der Waals surface area contributed by atoms with Gasteiger partial charge >= 0.3 is 0 Å². The van der Waals surface area contributed by atoms with Crippen molar-refractivity contribution < 1.29 is 8.42 Å². The summed E-state index contributed by atoms with van der Waals surface area (Å²) in [6.45, 7) is 3.62. The molecule has 0 N–H and O–H groups in total. The first-order valence-corrected chi connectivity index (χ1v) is 10.4. The minimum Gasteiger partial charge on any atom is -0.368 e. The molecule has 1 aromatic heterocycles. The Labute approximate surface area is 148 Å². The van der Waals surface area contributed by atoms with Gasteiger partial charge in [-0.1, -0.05) is 12.2 Å². The highest BCUT2D eigenvalue weighted by molar-refractivity contribution is 7.90. The Balaban J connectivity index is 1.43. The van der Waals surface area contributed by atoms with Crippen LogP contribution in [0.15, 0.2) is 47.4 Å². The molecule has 1 aliphatic heterocycles. The van der Waals surface area contributed by atoms with Crippen LogP contribution in [0.5, 0.6) is 0 Å². The summed E-state index contributed by atoms with van der Waals surface area (Å²) >= 11 is 0. The minimum absolute atomic E-state index is 0.367. The highest BCUT2D eigenvalue weighted by Gasteiger charge is 2.20. The van der Waals surface area contributed by atoms with Gasteiger partial charge in [0.1, 0.15) is 5.82 Å². The lowest BCUT2D eigenvalue weighted by Gasteiger charge is -2.37. The van der Waals surface area contributed by atoms with E-state index in [1.54, 1.807) is 12.1 Å². The molecule has 0 saturated carbocycles. The molecule has 1 aliphatic carbocycles. The van der Waals surface area contributed by atoms with Crippen LogP contribution in [0, 0.1) is 0 Å². The summed E-state index contributed by atoms with van der Waals surface area (Å²) in [5.74, 6) is 1.05. The average Bonchev–Trinajstić information content (AvgIpc) is 3.09. The van der Waals surface area contributed by atoms with Gasteiger partial charge in [0.05, 0.1) is 10.6 Å². The summed E-state index contributed by atoms with van der Waals surface area (Å²) in [6.07, 6.45) is 6.44. The lowest BCUT2D eigenvalue weighted by atomic mass is 10.2. The van der Waals surface area contributed by atoms with Crippen LogP contribution in [0.4, 0.5) is 11.5 Å². The van der Waals surface area contributed by atoms with Crippen molar-refractivity contribution in [1.82, 2.24) is 4.98 Å². The van der Waals surface area contributed by atoms with Gasteiger partial charge in [0.15, 0.2) is 9.84 Å². The Morgan fingerprint density at radius 1 is 0.920 bits per heavy atom. The van der Waals surface area contributed by atoms with Gasteiger partial charge in [-0.3, -0.25) is 0 Å². The molecule has 2 aliphatic rings. The highest BCUT2D eigenvalue weighted by Crippen LogP contribution is 2.24. The molecule has 130 valence electrons. The van der Waals surface area contributed by atoms with E-state index in [4.69, 9.17) is 4.98 Å². The smallest absolute Gasteiger partial charge is 0.175 e. The van der Waals surface area contributed by atoms with Gasteiger partial charge in [0.2, 0.25) is 0 Å². The van der Waals surface area contributed by atoms with Crippen molar-refractivity contribution in [1.29, 1.82) is 0 Å². The Morgan fingerprint density at radius 3 is 2.28 bits per heavy atom. The standard InChI is InChI=1S/C19H21N3O2S/c1-25(23,24)17-8-6-16(7-9-17)21-11-13-22(14-12-21)19-10-5-15-3-2-4-18(15)20-19/h2-3,5-10H,4,11-14H2,1H3. The summed E-state index contributed by atoms with van der Waals surface area (Å²) in [6, 6.07) is 11.4. The summed E-state index contributed by atoms with van der Waals surface area (Å²) in [4.78, 5) is 9.77. The first kappa shape index (κ1) is 16.1. The summed E-state index contributed by atoms with van der Waals surface area (Å²) in [5.41, 5.74) is 3.46. The summed E-state index contributed by atoms with van der Waals surface area (Å²) < 4.78 is 23.1. The van der Waals surface area contributed by atoms with Crippen molar-refractivity contribution in [3.05, 3.63) is 53.7 Å². The zero-order valence-corrected chi connectivity index (χ0v) is 15.0. The first-order chi connectivity index (χ1) is 12.0. The SMILES string of the molecule is CS(=O)(=O)c1ccc(N2CCN(c3ccc4c(n3)CC=C4)CC2)cc1. The van der Waals surface area contributed by atoms with Crippen LogP contribution in [-0.2, 0) is 16.3 Å². The zero-order chi connectivity index (χ0) is 17.4. The fourth-order valence-corrected chi connectivity index (χ4v) is 4.02. The van der Waals surface area contributed by atoms with Gasteiger partial charge in [0.25, 0.3) is 0 Å². The van der Waals surface area contributed by atoms with Crippen LogP contribution < -0.4 is 9.80 Å². The molecule has 2 heterocycles. The second-order valence-corrected chi connectivity index (χ2v) is 8.57.